The molecule has 4 rings (SSSR count). The van der Waals surface area contributed by atoms with E-state index in [1.807, 2.05) is 41.4 Å². The van der Waals surface area contributed by atoms with Crippen molar-refractivity contribution in [3.05, 3.63) is 48.9 Å². The van der Waals surface area contributed by atoms with Gasteiger partial charge in [0.2, 0.25) is 0 Å². The summed E-state index contributed by atoms with van der Waals surface area (Å²) in [5, 5.41) is 7.92. The van der Waals surface area contributed by atoms with Gasteiger partial charge in [0, 0.05) is 12.1 Å². The van der Waals surface area contributed by atoms with Gasteiger partial charge in [-0.1, -0.05) is 22.4 Å². The maximum absolute atomic E-state index is 4.90. The van der Waals surface area contributed by atoms with E-state index in [1.165, 1.54) is 0 Å². The number of para-hydroxylation sites is 2. The second-order valence-electron chi connectivity index (χ2n) is 4.06. The largest absolute Gasteiger partial charge is 0.404 e. The summed E-state index contributed by atoms with van der Waals surface area (Å²) in [5.41, 5.74) is 2.03. The van der Waals surface area contributed by atoms with Crippen LogP contribution in [-0.4, -0.2) is 17.9 Å². The number of benzene rings is 1. The fourth-order valence-corrected chi connectivity index (χ4v) is 2.14. The van der Waals surface area contributed by atoms with Gasteiger partial charge >= 0.3 is 7.55 Å². The summed E-state index contributed by atoms with van der Waals surface area (Å²) < 4.78 is 9.81. The first-order chi connectivity index (χ1) is 9.43. The van der Waals surface area contributed by atoms with E-state index in [-0.39, 0.29) is 0 Å². The van der Waals surface area contributed by atoms with Crippen molar-refractivity contribution in [1.29, 1.82) is 0 Å². The highest BCUT2D eigenvalue weighted by molar-refractivity contribution is 6.54. The van der Waals surface area contributed by atoms with Crippen molar-refractivity contribution in [3.8, 4) is 0 Å². The number of fused-ring (bicyclic) bond motifs is 1. The molecule has 0 N–H and O–H groups in total. The molecule has 0 spiro atoms. The van der Waals surface area contributed by atoms with Crippen LogP contribution in [0.3, 0.4) is 0 Å². The van der Waals surface area contributed by atoms with Crippen LogP contribution >= 0.6 is 0 Å². The van der Waals surface area contributed by atoms with Gasteiger partial charge in [0.25, 0.3) is 0 Å². The smallest absolute Gasteiger partial charge is 0.363 e. The molecule has 19 heavy (non-hydrogen) atoms. The van der Waals surface area contributed by atoms with Gasteiger partial charge in [0.15, 0.2) is 11.6 Å². The van der Waals surface area contributed by atoms with Crippen molar-refractivity contribution < 1.29 is 9.05 Å². The lowest BCUT2D eigenvalue weighted by molar-refractivity contribution is 0.421. The minimum atomic E-state index is 0.721. The molecule has 3 aromatic rings. The molecule has 1 aliphatic heterocycles. The van der Waals surface area contributed by atoms with Crippen LogP contribution < -0.4 is 9.62 Å². The van der Waals surface area contributed by atoms with Crippen LogP contribution in [-0.2, 0) is 0 Å². The van der Waals surface area contributed by atoms with Crippen LogP contribution in [0.25, 0.3) is 0 Å². The zero-order chi connectivity index (χ0) is 12.7. The summed E-state index contributed by atoms with van der Waals surface area (Å²) in [6.07, 6.45) is 3.09. The molecule has 91 valence electrons. The first kappa shape index (κ1) is 10.2. The molecule has 0 fully saturated rings. The Balaban J connectivity index is 1.82. The van der Waals surface area contributed by atoms with Gasteiger partial charge in [-0.3, -0.25) is 0 Å². The molecular formula is C12H8BN4O2. The van der Waals surface area contributed by atoms with Crippen molar-refractivity contribution in [2.45, 2.75) is 0 Å². The average Bonchev–Trinajstić information content (AvgIpc) is 3.18. The summed E-state index contributed by atoms with van der Waals surface area (Å²) in [6, 6.07) is 11.6. The fourth-order valence-electron chi connectivity index (χ4n) is 2.14. The summed E-state index contributed by atoms with van der Waals surface area (Å²) >= 11 is 0. The van der Waals surface area contributed by atoms with Gasteiger partial charge in [0.1, 0.15) is 12.5 Å². The normalized spacial score (nSPS) is 13.5. The molecule has 0 saturated carbocycles. The minimum absolute atomic E-state index is 0.721. The predicted molar refractivity (Wildman–Crippen MR) is 69.5 cm³/mol. The van der Waals surface area contributed by atoms with E-state index < -0.39 is 0 Å². The van der Waals surface area contributed by atoms with E-state index in [2.05, 4.69) is 10.3 Å². The van der Waals surface area contributed by atoms with E-state index in [0.717, 1.165) is 23.0 Å². The highest BCUT2D eigenvalue weighted by Crippen LogP contribution is 2.41. The highest BCUT2D eigenvalue weighted by Gasteiger charge is 2.32. The van der Waals surface area contributed by atoms with E-state index >= 15 is 0 Å². The van der Waals surface area contributed by atoms with Gasteiger partial charge < -0.3 is 18.7 Å². The molecular weight excluding hydrogens is 243 g/mol. The summed E-state index contributed by atoms with van der Waals surface area (Å²) in [6.45, 7) is 0. The minimum Gasteiger partial charge on any atom is -0.363 e. The van der Waals surface area contributed by atoms with Crippen molar-refractivity contribution in [2.24, 2.45) is 0 Å². The van der Waals surface area contributed by atoms with Gasteiger partial charge in [-0.05, 0) is 12.1 Å². The third-order valence-corrected chi connectivity index (χ3v) is 2.97. The zero-order valence-electron chi connectivity index (χ0n) is 9.80. The van der Waals surface area contributed by atoms with Gasteiger partial charge in [-0.2, -0.15) is 0 Å². The van der Waals surface area contributed by atoms with Crippen LogP contribution in [0.2, 0.25) is 0 Å². The summed E-state index contributed by atoms with van der Waals surface area (Å²) in [4.78, 5) is 3.88. The van der Waals surface area contributed by atoms with Crippen LogP contribution in [0, 0.1) is 0 Å². The lowest BCUT2D eigenvalue weighted by Crippen LogP contribution is -2.28. The maximum Gasteiger partial charge on any atom is 0.404 e. The first-order valence-electron chi connectivity index (χ1n) is 5.77. The molecule has 1 aliphatic rings. The molecule has 3 heterocycles. The Labute approximate surface area is 109 Å². The monoisotopic (exact) mass is 251 g/mol. The van der Waals surface area contributed by atoms with Gasteiger partial charge in [0.05, 0.1) is 11.4 Å². The molecule has 1 radical (unpaired) electrons. The van der Waals surface area contributed by atoms with Crippen LogP contribution in [0.4, 0.5) is 23.0 Å². The SMILES string of the molecule is [B]1N(c2ccon2)c2ccccc2N1c1ccon1. The van der Waals surface area contributed by atoms with E-state index in [1.54, 1.807) is 24.7 Å². The van der Waals surface area contributed by atoms with Crippen molar-refractivity contribution in [1.82, 2.24) is 10.3 Å². The third-order valence-electron chi connectivity index (χ3n) is 2.97. The Morgan fingerprint density at radius 1 is 0.789 bits per heavy atom. The standard InChI is InChI=1S/C12H8BN4O2/c1-2-4-10-9(3-1)16(11-5-7-18-14-11)13-17(10)12-6-8-19-15-12/h1-8H. The number of aromatic nitrogens is 2. The maximum atomic E-state index is 4.90. The van der Waals surface area contributed by atoms with Crippen molar-refractivity contribution in [3.63, 3.8) is 0 Å². The Morgan fingerprint density at radius 2 is 1.32 bits per heavy atom. The number of hydrogen-bond donors (Lipinski definition) is 0. The predicted octanol–water partition coefficient (Wildman–Crippen LogP) is 2.49. The molecule has 0 atom stereocenters. The number of nitrogens with zero attached hydrogens (tertiary/aromatic N) is 4. The quantitative estimate of drug-likeness (QED) is 0.652. The number of anilines is 4. The van der Waals surface area contributed by atoms with E-state index in [4.69, 9.17) is 9.05 Å². The molecule has 2 aromatic heterocycles. The molecule has 0 aliphatic carbocycles. The second-order valence-corrected chi connectivity index (χ2v) is 4.06. The summed E-state index contributed by atoms with van der Waals surface area (Å²) in [5.74, 6) is 1.44. The van der Waals surface area contributed by atoms with Gasteiger partial charge in [-0.25, -0.2) is 0 Å². The molecule has 0 bridgehead atoms. The fraction of sp³-hybridized carbons (Fsp3) is 0. The van der Waals surface area contributed by atoms with Crippen LogP contribution in [0.15, 0.2) is 58.0 Å². The van der Waals surface area contributed by atoms with Crippen molar-refractivity contribution >= 4 is 30.6 Å². The van der Waals surface area contributed by atoms with Crippen LogP contribution in [0.1, 0.15) is 0 Å². The number of rotatable bonds is 2. The Hall–Kier alpha value is -2.70. The first-order valence-corrected chi connectivity index (χ1v) is 5.77. The zero-order valence-corrected chi connectivity index (χ0v) is 9.80. The molecule has 7 heteroatoms. The molecule has 1 aromatic carbocycles. The van der Waals surface area contributed by atoms with E-state index in [0.29, 0.717) is 0 Å². The topological polar surface area (TPSA) is 58.5 Å². The molecule has 0 amide bonds. The van der Waals surface area contributed by atoms with Crippen molar-refractivity contribution in [2.75, 3.05) is 9.62 Å². The second kappa shape index (κ2) is 3.91. The lowest BCUT2D eigenvalue weighted by atomic mass is 10.1. The Kier molecular flexibility index (Phi) is 2.11. The average molecular weight is 251 g/mol. The third kappa shape index (κ3) is 1.51. The lowest BCUT2D eigenvalue weighted by Gasteiger charge is -2.14. The molecule has 0 unspecified atom stereocenters. The van der Waals surface area contributed by atoms with Gasteiger partial charge in [-0.15, -0.1) is 0 Å². The Bertz CT molecular complexity index is 624. The number of hydrogen-bond acceptors (Lipinski definition) is 6. The van der Waals surface area contributed by atoms with Crippen LogP contribution in [0.5, 0.6) is 0 Å². The Morgan fingerprint density at radius 3 is 1.74 bits per heavy atom. The molecule has 6 nitrogen and oxygen atoms in total. The highest BCUT2D eigenvalue weighted by atomic mass is 16.5. The molecule has 0 saturated heterocycles. The van der Waals surface area contributed by atoms with E-state index in [9.17, 15) is 0 Å². The summed E-state index contributed by atoms with van der Waals surface area (Å²) in [7, 11) is 1.90.